The first-order valence-corrected chi connectivity index (χ1v) is 10.3. The molecular weight excluding hydrogens is 381 g/mol. The number of ether oxygens (including phenoxy) is 3. The number of fused-ring (bicyclic) bond motifs is 1. The Morgan fingerprint density at radius 3 is 2.93 bits per heavy atom. The summed E-state index contributed by atoms with van der Waals surface area (Å²) in [7, 11) is 1.63. The summed E-state index contributed by atoms with van der Waals surface area (Å²) >= 11 is 1.43. The largest absolute Gasteiger partial charge is 0.460 e. The van der Waals surface area contributed by atoms with Crippen LogP contribution in [0.15, 0.2) is 42.5 Å². The van der Waals surface area contributed by atoms with Crippen molar-refractivity contribution in [2.24, 2.45) is 0 Å². The number of hydrogen-bond donors (Lipinski definition) is 1. The zero-order valence-corrected chi connectivity index (χ0v) is 16.6. The van der Waals surface area contributed by atoms with Crippen LogP contribution >= 0.6 is 11.8 Å². The van der Waals surface area contributed by atoms with E-state index in [0.29, 0.717) is 36.0 Å². The van der Waals surface area contributed by atoms with Crippen LogP contribution < -0.4 is 10.1 Å². The van der Waals surface area contributed by atoms with Gasteiger partial charge in [-0.2, -0.15) is 0 Å². The highest BCUT2D eigenvalue weighted by Gasteiger charge is 2.25. The van der Waals surface area contributed by atoms with E-state index in [-0.39, 0.29) is 18.3 Å². The van der Waals surface area contributed by atoms with E-state index in [1.165, 1.54) is 23.9 Å². The Balaban J connectivity index is 1.60. The molecule has 1 aliphatic rings. The molecule has 1 atom stereocenters. The van der Waals surface area contributed by atoms with Gasteiger partial charge in [-0.15, -0.1) is 11.8 Å². The van der Waals surface area contributed by atoms with Crippen molar-refractivity contribution in [1.82, 2.24) is 5.32 Å². The molecule has 0 fully saturated rings. The monoisotopic (exact) mass is 405 g/mol. The molecule has 0 saturated carbocycles. The summed E-state index contributed by atoms with van der Waals surface area (Å²) in [6.45, 7) is 1.48. The van der Waals surface area contributed by atoms with Gasteiger partial charge in [-0.25, -0.2) is 4.39 Å². The molecular formula is C21H24FNO4S. The molecule has 1 heterocycles. The van der Waals surface area contributed by atoms with Crippen molar-refractivity contribution in [2.75, 3.05) is 26.0 Å². The molecule has 0 spiro atoms. The zero-order valence-electron chi connectivity index (χ0n) is 15.8. The minimum Gasteiger partial charge on any atom is -0.460 e. The zero-order chi connectivity index (χ0) is 19.8. The number of methoxy groups -OCH3 is 1. The lowest BCUT2D eigenvalue weighted by Crippen LogP contribution is -2.26. The Kier molecular flexibility index (Phi) is 7.71. The molecule has 0 aromatic heterocycles. The number of carbonyl (C=O) groups excluding carboxylic acids is 1. The van der Waals surface area contributed by atoms with Crippen LogP contribution in [0.4, 0.5) is 4.39 Å². The second-order valence-corrected chi connectivity index (χ2v) is 7.40. The van der Waals surface area contributed by atoms with Crippen LogP contribution in [0, 0.1) is 5.82 Å². The number of nitrogens with one attached hydrogen (secondary N) is 1. The first-order chi connectivity index (χ1) is 13.7. The minimum atomic E-state index is -0.521. The first-order valence-electron chi connectivity index (χ1n) is 9.15. The first kappa shape index (κ1) is 20.6. The van der Waals surface area contributed by atoms with Crippen LogP contribution in [0.1, 0.15) is 29.4 Å². The predicted molar refractivity (Wildman–Crippen MR) is 107 cm³/mol. The lowest BCUT2D eigenvalue weighted by Gasteiger charge is -2.28. The van der Waals surface area contributed by atoms with E-state index < -0.39 is 6.29 Å². The summed E-state index contributed by atoms with van der Waals surface area (Å²) in [5, 5.41) is 2.84. The molecule has 5 nitrogen and oxygen atoms in total. The fourth-order valence-electron chi connectivity index (χ4n) is 2.91. The van der Waals surface area contributed by atoms with Crippen molar-refractivity contribution in [2.45, 2.75) is 25.1 Å². The highest BCUT2D eigenvalue weighted by molar-refractivity contribution is 7.99. The van der Waals surface area contributed by atoms with Crippen LogP contribution in [0.5, 0.6) is 5.75 Å². The molecule has 1 amide bonds. The minimum absolute atomic E-state index is 0.0437. The molecule has 7 heteroatoms. The topological polar surface area (TPSA) is 56.8 Å². The Morgan fingerprint density at radius 2 is 2.14 bits per heavy atom. The molecule has 0 aliphatic carbocycles. The SMILES string of the molecule is COCCCNC(=O)CSCc1cc(F)cc2c1O[C@@H](c1ccccc1)OC2. The summed E-state index contributed by atoms with van der Waals surface area (Å²) in [5.41, 5.74) is 2.33. The molecule has 0 radical (unpaired) electrons. The molecule has 28 heavy (non-hydrogen) atoms. The number of carbonyl (C=O) groups is 1. The van der Waals surface area contributed by atoms with Crippen molar-refractivity contribution >= 4 is 17.7 Å². The van der Waals surface area contributed by atoms with Gasteiger partial charge >= 0.3 is 0 Å². The van der Waals surface area contributed by atoms with E-state index in [2.05, 4.69) is 5.32 Å². The van der Waals surface area contributed by atoms with Crippen LogP contribution in [0.2, 0.25) is 0 Å². The highest BCUT2D eigenvalue weighted by atomic mass is 32.2. The fourth-order valence-corrected chi connectivity index (χ4v) is 3.73. The third kappa shape index (κ3) is 5.70. The second-order valence-electron chi connectivity index (χ2n) is 6.41. The van der Waals surface area contributed by atoms with Crippen molar-refractivity contribution in [3.63, 3.8) is 0 Å². The number of thioether (sulfide) groups is 1. The van der Waals surface area contributed by atoms with E-state index in [4.69, 9.17) is 14.2 Å². The molecule has 0 unspecified atom stereocenters. The van der Waals surface area contributed by atoms with Crippen molar-refractivity contribution in [3.8, 4) is 5.75 Å². The van der Waals surface area contributed by atoms with E-state index >= 15 is 0 Å². The lowest BCUT2D eigenvalue weighted by molar-refractivity contribution is -0.118. The van der Waals surface area contributed by atoms with Crippen molar-refractivity contribution in [1.29, 1.82) is 0 Å². The molecule has 1 N–H and O–H groups in total. The van der Waals surface area contributed by atoms with Gasteiger partial charge in [0.1, 0.15) is 11.6 Å². The number of rotatable bonds is 9. The molecule has 0 bridgehead atoms. The van der Waals surface area contributed by atoms with Crippen molar-refractivity contribution in [3.05, 3.63) is 65.0 Å². The summed E-state index contributed by atoms with van der Waals surface area (Å²) in [5.74, 6) is 1.06. The van der Waals surface area contributed by atoms with Gasteiger partial charge in [-0.1, -0.05) is 30.3 Å². The molecule has 2 aromatic rings. The van der Waals surface area contributed by atoms with Gasteiger partial charge < -0.3 is 19.5 Å². The maximum absolute atomic E-state index is 14.0. The van der Waals surface area contributed by atoms with E-state index in [1.807, 2.05) is 30.3 Å². The van der Waals surface area contributed by atoms with Gasteiger partial charge in [-0.05, 0) is 18.6 Å². The molecule has 0 saturated heterocycles. The molecule has 2 aromatic carbocycles. The number of halogens is 1. The van der Waals surface area contributed by atoms with Crippen LogP contribution in [0.3, 0.4) is 0 Å². The van der Waals surface area contributed by atoms with E-state index in [1.54, 1.807) is 7.11 Å². The van der Waals surface area contributed by atoms with Gasteiger partial charge in [0, 0.05) is 42.7 Å². The van der Waals surface area contributed by atoms with Crippen LogP contribution in [-0.2, 0) is 26.6 Å². The van der Waals surface area contributed by atoms with Crippen LogP contribution in [0.25, 0.3) is 0 Å². The van der Waals surface area contributed by atoms with Gasteiger partial charge in [-0.3, -0.25) is 4.79 Å². The Labute approximate surface area is 168 Å². The third-order valence-electron chi connectivity index (χ3n) is 4.23. The number of amides is 1. The summed E-state index contributed by atoms with van der Waals surface area (Å²) in [6, 6.07) is 12.5. The summed E-state index contributed by atoms with van der Waals surface area (Å²) in [4.78, 5) is 11.9. The Bertz CT molecular complexity index is 787. The van der Waals surface area contributed by atoms with Gasteiger partial charge in [0.15, 0.2) is 0 Å². The Hall–Kier alpha value is -2.09. The van der Waals surface area contributed by atoms with Gasteiger partial charge in [0.2, 0.25) is 12.2 Å². The summed E-state index contributed by atoms with van der Waals surface area (Å²) < 4.78 is 30.7. The molecule has 150 valence electrons. The van der Waals surface area contributed by atoms with Crippen LogP contribution in [-0.4, -0.2) is 31.9 Å². The average molecular weight is 405 g/mol. The lowest BCUT2D eigenvalue weighted by atomic mass is 10.1. The van der Waals surface area contributed by atoms with E-state index in [0.717, 1.165) is 17.5 Å². The van der Waals surface area contributed by atoms with Gasteiger partial charge in [0.25, 0.3) is 0 Å². The van der Waals surface area contributed by atoms with Gasteiger partial charge in [0.05, 0.1) is 12.4 Å². The quantitative estimate of drug-likeness (QED) is 0.643. The molecule has 3 rings (SSSR count). The maximum Gasteiger partial charge on any atom is 0.230 e. The fraction of sp³-hybridized carbons (Fsp3) is 0.381. The van der Waals surface area contributed by atoms with Crippen molar-refractivity contribution < 1.29 is 23.4 Å². The highest BCUT2D eigenvalue weighted by Crippen LogP contribution is 2.37. The second kappa shape index (κ2) is 10.5. The van der Waals surface area contributed by atoms with E-state index in [9.17, 15) is 9.18 Å². The number of hydrogen-bond acceptors (Lipinski definition) is 5. The average Bonchev–Trinajstić information content (AvgIpc) is 2.71. The number of benzene rings is 2. The normalized spacial score (nSPS) is 15.6. The Morgan fingerprint density at radius 1 is 1.32 bits per heavy atom. The predicted octanol–water partition coefficient (Wildman–Crippen LogP) is 3.82. The third-order valence-corrected chi connectivity index (χ3v) is 5.21. The molecule has 1 aliphatic heterocycles. The smallest absolute Gasteiger partial charge is 0.230 e. The standard InChI is InChI=1S/C21H24FNO4S/c1-25-9-5-8-23-19(24)14-28-13-17-11-18(22)10-16-12-26-21(27-20(16)17)15-6-3-2-4-7-15/h2-4,6-7,10-11,21H,5,8-9,12-14H2,1H3,(H,23,24)/t21-/m0/s1. The summed E-state index contributed by atoms with van der Waals surface area (Å²) in [6.07, 6.45) is 0.256. The maximum atomic E-state index is 14.0.